The Morgan fingerprint density at radius 1 is 1.00 bits per heavy atom. The molecule has 3 heterocycles. The van der Waals surface area contributed by atoms with Crippen molar-refractivity contribution < 1.29 is 4.74 Å². The van der Waals surface area contributed by atoms with Crippen molar-refractivity contribution in [2.75, 3.05) is 19.6 Å². The van der Waals surface area contributed by atoms with E-state index < -0.39 is 0 Å². The maximum absolute atomic E-state index is 6.00. The minimum absolute atomic E-state index is 0.302. The molecule has 0 saturated carbocycles. The molecule has 1 saturated heterocycles. The van der Waals surface area contributed by atoms with Crippen LogP contribution in [0, 0.1) is 0 Å². The number of likely N-dealkylation sites (tertiary alicyclic amines) is 1. The summed E-state index contributed by atoms with van der Waals surface area (Å²) in [6.45, 7) is 4.11. The predicted molar refractivity (Wildman–Crippen MR) is 94.1 cm³/mol. The van der Waals surface area contributed by atoms with E-state index >= 15 is 0 Å². The van der Waals surface area contributed by atoms with Crippen LogP contribution in [-0.4, -0.2) is 45.4 Å². The van der Waals surface area contributed by atoms with Gasteiger partial charge in [-0.1, -0.05) is 18.2 Å². The quantitative estimate of drug-likeness (QED) is 0.724. The summed E-state index contributed by atoms with van der Waals surface area (Å²) >= 11 is 0. The minimum Gasteiger partial charge on any atom is -0.489 e. The number of para-hydroxylation sites is 1. The maximum Gasteiger partial charge on any atom is 0.137 e. The van der Waals surface area contributed by atoms with E-state index in [1.807, 2.05) is 18.3 Å². The first-order valence-electron chi connectivity index (χ1n) is 8.58. The van der Waals surface area contributed by atoms with Crippen molar-refractivity contribution in [3.63, 3.8) is 0 Å². The lowest BCUT2D eigenvalue weighted by molar-refractivity contribution is 0.0979. The molecule has 24 heavy (non-hydrogen) atoms. The highest BCUT2D eigenvalue weighted by Gasteiger charge is 2.20. The Hall–Kier alpha value is -2.40. The number of pyridine rings is 1. The number of hydrogen-bond acceptors (Lipinski definition) is 4. The van der Waals surface area contributed by atoms with E-state index in [2.05, 4.69) is 43.9 Å². The Bertz CT molecular complexity index is 778. The fourth-order valence-corrected chi connectivity index (χ4v) is 3.30. The van der Waals surface area contributed by atoms with Crippen LogP contribution in [0.15, 0.2) is 55.0 Å². The van der Waals surface area contributed by atoms with E-state index in [0.29, 0.717) is 6.10 Å². The van der Waals surface area contributed by atoms with E-state index in [4.69, 9.17) is 4.74 Å². The second-order valence-corrected chi connectivity index (χ2v) is 6.27. The molecule has 0 unspecified atom stereocenters. The SMILES string of the molecule is c1cncc(OC2CCN(CCn3ncc4ccccc43)CC2)c1. The van der Waals surface area contributed by atoms with E-state index in [1.165, 1.54) is 10.9 Å². The fourth-order valence-electron chi connectivity index (χ4n) is 3.30. The molecule has 0 amide bonds. The van der Waals surface area contributed by atoms with Crippen LogP contribution in [0.5, 0.6) is 5.75 Å². The van der Waals surface area contributed by atoms with Gasteiger partial charge in [-0.05, 0) is 31.0 Å². The molecule has 0 N–H and O–H groups in total. The van der Waals surface area contributed by atoms with Gasteiger partial charge in [0.2, 0.25) is 0 Å². The molecule has 1 aliphatic rings. The van der Waals surface area contributed by atoms with Crippen molar-refractivity contribution in [3.05, 3.63) is 55.0 Å². The lowest BCUT2D eigenvalue weighted by Gasteiger charge is -2.32. The van der Waals surface area contributed by atoms with Gasteiger partial charge in [0.15, 0.2) is 0 Å². The zero-order valence-electron chi connectivity index (χ0n) is 13.7. The molecule has 0 aliphatic carbocycles. The highest BCUT2D eigenvalue weighted by molar-refractivity contribution is 5.78. The molecule has 5 nitrogen and oxygen atoms in total. The third kappa shape index (κ3) is 3.41. The maximum atomic E-state index is 6.00. The van der Waals surface area contributed by atoms with Crippen LogP contribution < -0.4 is 4.74 Å². The summed E-state index contributed by atoms with van der Waals surface area (Å²) in [5, 5.41) is 5.72. The number of hydrogen-bond donors (Lipinski definition) is 0. The number of ether oxygens (including phenoxy) is 1. The van der Waals surface area contributed by atoms with E-state index in [1.54, 1.807) is 12.4 Å². The van der Waals surface area contributed by atoms with Gasteiger partial charge in [-0.2, -0.15) is 5.10 Å². The number of fused-ring (bicyclic) bond motifs is 1. The van der Waals surface area contributed by atoms with Crippen LogP contribution in [0.4, 0.5) is 0 Å². The first kappa shape index (κ1) is 15.1. The highest BCUT2D eigenvalue weighted by atomic mass is 16.5. The lowest BCUT2D eigenvalue weighted by Crippen LogP contribution is -2.39. The summed E-state index contributed by atoms with van der Waals surface area (Å²) in [4.78, 5) is 6.60. The van der Waals surface area contributed by atoms with E-state index in [-0.39, 0.29) is 0 Å². The van der Waals surface area contributed by atoms with E-state index in [0.717, 1.165) is 44.8 Å². The predicted octanol–water partition coefficient (Wildman–Crippen LogP) is 2.97. The van der Waals surface area contributed by atoms with Crippen molar-refractivity contribution in [3.8, 4) is 5.75 Å². The molecule has 0 atom stereocenters. The second kappa shape index (κ2) is 7.01. The standard InChI is InChI=1S/C19H22N4O/c1-2-6-19-16(4-1)14-21-23(19)13-12-22-10-7-17(8-11-22)24-18-5-3-9-20-15-18/h1-6,9,14-15,17H,7-8,10-13H2. The summed E-state index contributed by atoms with van der Waals surface area (Å²) < 4.78 is 8.11. The van der Waals surface area contributed by atoms with Crippen molar-refractivity contribution in [1.29, 1.82) is 0 Å². The van der Waals surface area contributed by atoms with Gasteiger partial charge in [-0.25, -0.2) is 0 Å². The second-order valence-electron chi connectivity index (χ2n) is 6.27. The zero-order valence-corrected chi connectivity index (χ0v) is 13.7. The third-order valence-corrected chi connectivity index (χ3v) is 4.65. The molecule has 0 bridgehead atoms. The molecular weight excluding hydrogens is 300 g/mol. The molecule has 124 valence electrons. The van der Waals surface area contributed by atoms with Gasteiger partial charge in [0.1, 0.15) is 11.9 Å². The Balaban J connectivity index is 1.27. The fraction of sp³-hybridized carbons (Fsp3) is 0.368. The molecule has 3 aromatic rings. The Labute approximate surface area is 141 Å². The summed E-state index contributed by atoms with van der Waals surface area (Å²) in [6, 6.07) is 12.3. The molecule has 4 rings (SSSR count). The normalized spacial score (nSPS) is 16.5. The lowest BCUT2D eigenvalue weighted by atomic mass is 10.1. The average Bonchev–Trinajstić information content (AvgIpc) is 3.05. The summed E-state index contributed by atoms with van der Waals surface area (Å²) in [7, 11) is 0. The van der Waals surface area contributed by atoms with Crippen LogP contribution >= 0.6 is 0 Å². The molecule has 1 fully saturated rings. The molecule has 1 aliphatic heterocycles. The number of benzene rings is 1. The summed E-state index contributed by atoms with van der Waals surface area (Å²) in [5.41, 5.74) is 1.22. The number of rotatable bonds is 5. The van der Waals surface area contributed by atoms with Gasteiger partial charge >= 0.3 is 0 Å². The van der Waals surface area contributed by atoms with Crippen LogP contribution in [0.25, 0.3) is 10.9 Å². The van der Waals surface area contributed by atoms with Crippen molar-refractivity contribution in [2.24, 2.45) is 0 Å². The van der Waals surface area contributed by atoms with Crippen LogP contribution in [0.1, 0.15) is 12.8 Å². The average molecular weight is 322 g/mol. The number of nitrogens with zero attached hydrogens (tertiary/aromatic N) is 4. The first-order valence-corrected chi connectivity index (χ1v) is 8.58. The number of aromatic nitrogens is 3. The molecule has 0 radical (unpaired) electrons. The third-order valence-electron chi connectivity index (χ3n) is 4.65. The molecule has 0 spiro atoms. The molecule has 1 aromatic carbocycles. The van der Waals surface area contributed by atoms with Gasteiger partial charge in [-0.3, -0.25) is 9.67 Å². The smallest absolute Gasteiger partial charge is 0.137 e. The van der Waals surface area contributed by atoms with Gasteiger partial charge < -0.3 is 9.64 Å². The van der Waals surface area contributed by atoms with Gasteiger partial charge in [0.05, 0.1) is 24.5 Å². The summed E-state index contributed by atoms with van der Waals surface area (Å²) in [5.74, 6) is 0.874. The highest BCUT2D eigenvalue weighted by Crippen LogP contribution is 2.18. The zero-order chi connectivity index (χ0) is 16.2. The van der Waals surface area contributed by atoms with Crippen LogP contribution in [0.2, 0.25) is 0 Å². The topological polar surface area (TPSA) is 43.2 Å². The Kier molecular flexibility index (Phi) is 4.42. The van der Waals surface area contributed by atoms with Crippen molar-refractivity contribution in [2.45, 2.75) is 25.5 Å². The number of piperidine rings is 1. The van der Waals surface area contributed by atoms with Crippen LogP contribution in [0.3, 0.4) is 0 Å². The largest absolute Gasteiger partial charge is 0.489 e. The first-order chi connectivity index (χ1) is 11.9. The Morgan fingerprint density at radius 3 is 2.71 bits per heavy atom. The van der Waals surface area contributed by atoms with Gasteiger partial charge in [-0.15, -0.1) is 0 Å². The van der Waals surface area contributed by atoms with Gasteiger partial charge in [0.25, 0.3) is 0 Å². The monoisotopic (exact) mass is 322 g/mol. The van der Waals surface area contributed by atoms with Crippen LogP contribution in [-0.2, 0) is 6.54 Å². The molecular formula is C19H22N4O. The van der Waals surface area contributed by atoms with Crippen molar-refractivity contribution >= 4 is 10.9 Å². The van der Waals surface area contributed by atoms with Crippen molar-refractivity contribution in [1.82, 2.24) is 19.7 Å². The van der Waals surface area contributed by atoms with E-state index in [9.17, 15) is 0 Å². The minimum atomic E-state index is 0.302. The van der Waals surface area contributed by atoms with Gasteiger partial charge in [0, 0.05) is 31.2 Å². The molecule has 5 heteroatoms. The summed E-state index contributed by atoms with van der Waals surface area (Å²) in [6.07, 6.45) is 7.94. The molecule has 2 aromatic heterocycles. The Morgan fingerprint density at radius 2 is 1.88 bits per heavy atom.